The van der Waals surface area contributed by atoms with Crippen LogP contribution in [-0.4, -0.2) is 14.7 Å². The summed E-state index contributed by atoms with van der Waals surface area (Å²) >= 11 is 6.51. The standard InChI is InChI=1S/C19H14ClN3O2/c1-12-14-9-5-6-10-15(14)21-16(17(12)20)11-23-18(22-25-19(23)24)13-7-3-2-4-8-13/h2-10H,11H2,1H3. The maximum absolute atomic E-state index is 12.1. The fourth-order valence-electron chi connectivity index (χ4n) is 2.87. The van der Waals surface area contributed by atoms with Gasteiger partial charge in [-0.25, -0.2) is 9.78 Å². The number of aromatic nitrogens is 3. The summed E-state index contributed by atoms with van der Waals surface area (Å²) in [4.78, 5) is 16.8. The molecule has 4 rings (SSSR count). The third-order valence-corrected chi connectivity index (χ3v) is 4.67. The summed E-state index contributed by atoms with van der Waals surface area (Å²) in [5.41, 5.74) is 3.18. The first-order valence-electron chi connectivity index (χ1n) is 7.81. The van der Waals surface area contributed by atoms with Gasteiger partial charge in [-0.3, -0.25) is 9.09 Å². The van der Waals surface area contributed by atoms with Crippen LogP contribution in [0, 0.1) is 6.92 Å². The Morgan fingerprint density at radius 3 is 2.60 bits per heavy atom. The van der Waals surface area contributed by atoms with E-state index < -0.39 is 5.76 Å². The summed E-state index contributed by atoms with van der Waals surface area (Å²) in [7, 11) is 0. The van der Waals surface area contributed by atoms with Crippen LogP contribution in [0.1, 0.15) is 11.3 Å². The van der Waals surface area contributed by atoms with Crippen molar-refractivity contribution in [3.8, 4) is 11.4 Å². The monoisotopic (exact) mass is 351 g/mol. The Balaban J connectivity index is 1.85. The van der Waals surface area contributed by atoms with Gasteiger partial charge in [0.25, 0.3) is 0 Å². The van der Waals surface area contributed by atoms with Crippen LogP contribution in [0.5, 0.6) is 0 Å². The van der Waals surface area contributed by atoms with Crippen molar-refractivity contribution in [2.24, 2.45) is 0 Å². The second kappa shape index (κ2) is 6.18. The molecule has 0 amide bonds. The van der Waals surface area contributed by atoms with Crippen molar-refractivity contribution < 1.29 is 4.52 Å². The number of aryl methyl sites for hydroxylation is 1. The van der Waals surface area contributed by atoms with Gasteiger partial charge in [-0.2, -0.15) is 0 Å². The summed E-state index contributed by atoms with van der Waals surface area (Å²) in [5, 5.41) is 5.45. The molecule has 0 aliphatic carbocycles. The highest BCUT2D eigenvalue weighted by molar-refractivity contribution is 6.32. The lowest BCUT2D eigenvalue weighted by molar-refractivity contribution is 0.378. The third kappa shape index (κ3) is 2.72. The number of halogens is 1. The first kappa shape index (κ1) is 15.6. The van der Waals surface area contributed by atoms with Gasteiger partial charge in [-0.1, -0.05) is 65.3 Å². The van der Waals surface area contributed by atoms with E-state index in [2.05, 4.69) is 10.1 Å². The molecule has 5 nitrogen and oxygen atoms in total. The number of hydrogen-bond acceptors (Lipinski definition) is 4. The topological polar surface area (TPSA) is 60.9 Å². The van der Waals surface area contributed by atoms with E-state index in [0.717, 1.165) is 22.0 Å². The summed E-state index contributed by atoms with van der Waals surface area (Å²) in [6.07, 6.45) is 0. The van der Waals surface area contributed by atoms with E-state index in [0.29, 0.717) is 16.5 Å². The lowest BCUT2D eigenvalue weighted by Crippen LogP contribution is -2.17. The molecule has 25 heavy (non-hydrogen) atoms. The number of pyridine rings is 1. The first-order valence-corrected chi connectivity index (χ1v) is 8.18. The molecule has 2 aromatic heterocycles. The Bertz CT molecular complexity index is 1120. The summed E-state index contributed by atoms with van der Waals surface area (Å²) in [6.45, 7) is 2.14. The fraction of sp³-hybridized carbons (Fsp3) is 0.105. The van der Waals surface area contributed by atoms with E-state index in [-0.39, 0.29) is 6.54 Å². The SMILES string of the molecule is Cc1c(Cl)c(Cn2c(-c3ccccc3)noc2=O)nc2ccccc12. The molecule has 0 bridgehead atoms. The Morgan fingerprint density at radius 1 is 1.08 bits per heavy atom. The highest BCUT2D eigenvalue weighted by atomic mass is 35.5. The lowest BCUT2D eigenvalue weighted by Gasteiger charge is -2.11. The molecule has 0 unspecified atom stereocenters. The van der Waals surface area contributed by atoms with E-state index >= 15 is 0 Å². The minimum absolute atomic E-state index is 0.192. The molecule has 2 aromatic carbocycles. The zero-order chi connectivity index (χ0) is 17.4. The molecule has 2 heterocycles. The number of hydrogen-bond donors (Lipinski definition) is 0. The average Bonchev–Trinajstić information content (AvgIpc) is 3.01. The van der Waals surface area contributed by atoms with Gasteiger partial charge in [0.05, 0.1) is 22.8 Å². The van der Waals surface area contributed by atoms with Gasteiger partial charge in [0, 0.05) is 10.9 Å². The lowest BCUT2D eigenvalue weighted by atomic mass is 10.1. The minimum atomic E-state index is -0.539. The Kier molecular flexibility index (Phi) is 3.86. The second-order valence-corrected chi connectivity index (χ2v) is 6.12. The van der Waals surface area contributed by atoms with Crippen LogP contribution in [0.2, 0.25) is 5.02 Å². The van der Waals surface area contributed by atoms with Crippen LogP contribution in [-0.2, 0) is 6.54 Å². The van der Waals surface area contributed by atoms with Gasteiger partial charge in [0.15, 0.2) is 5.82 Å². The molecular weight excluding hydrogens is 338 g/mol. The number of nitrogens with zero attached hydrogens (tertiary/aromatic N) is 3. The van der Waals surface area contributed by atoms with Gasteiger partial charge < -0.3 is 0 Å². The van der Waals surface area contributed by atoms with E-state index in [1.807, 2.05) is 61.5 Å². The maximum Gasteiger partial charge on any atom is 0.442 e. The van der Waals surface area contributed by atoms with Crippen molar-refractivity contribution in [1.29, 1.82) is 0 Å². The van der Waals surface area contributed by atoms with Gasteiger partial charge >= 0.3 is 5.76 Å². The van der Waals surface area contributed by atoms with E-state index in [4.69, 9.17) is 16.1 Å². The molecule has 0 spiro atoms. The number of fused-ring (bicyclic) bond motifs is 1. The Labute approximate surface area is 148 Å². The van der Waals surface area contributed by atoms with Crippen LogP contribution in [0.4, 0.5) is 0 Å². The third-order valence-electron chi connectivity index (χ3n) is 4.17. The molecule has 0 aliphatic heterocycles. The van der Waals surface area contributed by atoms with Crippen LogP contribution < -0.4 is 5.76 Å². The number of para-hydroxylation sites is 1. The van der Waals surface area contributed by atoms with E-state index in [1.165, 1.54) is 4.57 Å². The molecule has 6 heteroatoms. The normalized spacial score (nSPS) is 11.1. The van der Waals surface area contributed by atoms with Gasteiger partial charge in [0.1, 0.15) is 0 Å². The molecule has 4 aromatic rings. The highest BCUT2D eigenvalue weighted by Crippen LogP contribution is 2.28. The van der Waals surface area contributed by atoms with Gasteiger partial charge in [-0.15, -0.1) is 0 Å². The zero-order valence-electron chi connectivity index (χ0n) is 13.4. The van der Waals surface area contributed by atoms with Crippen molar-refractivity contribution in [2.75, 3.05) is 0 Å². The summed E-state index contributed by atoms with van der Waals surface area (Å²) in [6, 6.07) is 17.2. The van der Waals surface area contributed by atoms with Crippen molar-refractivity contribution in [1.82, 2.24) is 14.7 Å². The van der Waals surface area contributed by atoms with Crippen LogP contribution in [0.3, 0.4) is 0 Å². The van der Waals surface area contributed by atoms with Crippen molar-refractivity contribution in [2.45, 2.75) is 13.5 Å². The van der Waals surface area contributed by atoms with Gasteiger partial charge in [-0.05, 0) is 18.6 Å². The van der Waals surface area contributed by atoms with E-state index in [1.54, 1.807) is 0 Å². The Morgan fingerprint density at radius 2 is 1.80 bits per heavy atom. The molecule has 0 atom stereocenters. The van der Waals surface area contributed by atoms with Crippen LogP contribution in [0.25, 0.3) is 22.3 Å². The molecule has 0 saturated heterocycles. The molecule has 0 saturated carbocycles. The zero-order valence-corrected chi connectivity index (χ0v) is 14.2. The molecule has 0 N–H and O–H groups in total. The molecule has 124 valence electrons. The fourth-order valence-corrected chi connectivity index (χ4v) is 3.08. The quantitative estimate of drug-likeness (QED) is 0.558. The highest BCUT2D eigenvalue weighted by Gasteiger charge is 2.17. The predicted octanol–water partition coefficient (Wildman–Crippen LogP) is 4.06. The molecular formula is C19H14ClN3O2. The molecule has 0 radical (unpaired) electrons. The first-order chi connectivity index (χ1) is 12.1. The minimum Gasteiger partial charge on any atom is -0.295 e. The molecule has 0 aliphatic rings. The van der Waals surface area contributed by atoms with Crippen molar-refractivity contribution >= 4 is 22.5 Å². The van der Waals surface area contributed by atoms with Crippen molar-refractivity contribution in [3.05, 3.63) is 81.4 Å². The van der Waals surface area contributed by atoms with Crippen LogP contribution >= 0.6 is 11.6 Å². The second-order valence-electron chi connectivity index (χ2n) is 5.74. The molecule has 0 fully saturated rings. The predicted molar refractivity (Wildman–Crippen MR) is 96.8 cm³/mol. The van der Waals surface area contributed by atoms with Crippen LogP contribution in [0.15, 0.2) is 63.9 Å². The smallest absolute Gasteiger partial charge is 0.295 e. The maximum atomic E-state index is 12.1. The number of rotatable bonds is 3. The summed E-state index contributed by atoms with van der Waals surface area (Å²) < 4.78 is 6.31. The largest absolute Gasteiger partial charge is 0.442 e. The van der Waals surface area contributed by atoms with Gasteiger partial charge in [0.2, 0.25) is 0 Å². The Hall–Kier alpha value is -2.92. The van der Waals surface area contributed by atoms with Crippen molar-refractivity contribution in [3.63, 3.8) is 0 Å². The van der Waals surface area contributed by atoms with E-state index in [9.17, 15) is 4.79 Å². The number of benzene rings is 2. The average molecular weight is 352 g/mol. The summed E-state index contributed by atoms with van der Waals surface area (Å²) in [5.74, 6) is -0.0863.